The highest BCUT2D eigenvalue weighted by molar-refractivity contribution is 6.30. The lowest BCUT2D eigenvalue weighted by atomic mass is 9.87. The molecule has 0 bridgehead atoms. The van der Waals surface area contributed by atoms with E-state index in [1.54, 1.807) is 6.92 Å². The second-order valence-corrected chi connectivity index (χ2v) is 6.27. The maximum absolute atomic E-state index is 13.0. The van der Waals surface area contributed by atoms with Crippen molar-refractivity contribution >= 4 is 17.5 Å². The fraction of sp³-hybridized carbons (Fsp3) is 0.533. The first kappa shape index (κ1) is 17.7. The highest BCUT2D eigenvalue weighted by atomic mass is 35.5. The van der Waals surface area contributed by atoms with Gasteiger partial charge in [0.2, 0.25) is 0 Å². The van der Waals surface area contributed by atoms with Crippen LogP contribution in [0.2, 0.25) is 5.02 Å². The van der Waals surface area contributed by atoms with Crippen molar-refractivity contribution in [2.75, 3.05) is 13.2 Å². The van der Waals surface area contributed by atoms with Crippen LogP contribution >= 0.6 is 11.6 Å². The Morgan fingerprint density at radius 1 is 1.52 bits per heavy atom. The number of amides is 1. The molecule has 1 aromatic rings. The van der Waals surface area contributed by atoms with Crippen LogP contribution in [0.1, 0.15) is 27.2 Å². The Morgan fingerprint density at radius 3 is 2.76 bits per heavy atom. The zero-order valence-electron chi connectivity index (χ0n) is 12.5. The van der Waals surface area contributed by atoms with Crippen molar-refractivity contribution in [2.45, 2.75) is 33.3 Å². The minimum Gasteiger partial charge on any atom is -0.484 e. The summed E-state index contributed by atoms with van der Waals surface area (Å²) in [4.78, 5) is 11.7. The minimum atomic E-state index is -0.534. The van der Waals surface area contributed by atoms with E-state index in [4.69, 9.17) is 16.3 Å². The normalized spacial score (nSPS) is 12.9. The molecule has 1 rings (SSSR count). The van der Waals surface area contributed by atoms with Gasteiger partial charge in [0.1, 0.15) is 11.6 Å². The molecular weight excluding hydrogens is 297 g/mol. The van der Waals surface area contributed by atoms with Gasteiger partial charge in [-0.15, -0.1) is 0 Å². The van der Waals surface area contributed by atoms with Crippen molar-refractivity contribution < 1.29 is 19.0 Å². The van der Waals surface area contributed by atoms with Crippen LogP contribution in [0.25, 0.3) is 0 Å². The molecule has 4 nitrogen and oxygen atoms in total. The third-order valence-electron chi connectivity index (χ3n) is 2.87. The zero-order valence-corrected chi connectivity index (χ0v) is 13.2. The van der Waals surface area contributed by atoms with Gasteiger partial charge in [0, 0.05) is 12.6 Å². The quantitative estimate of drug-likeness (QED) is 0.813. The average molecular weight is 318 g/mol. The number of halogens is 2. The van der Waals surface area contributed by atoms with Crippen molar-refractivity contribution in [3.8, 4) is 5.75 Å². The number of hydrogen-bond donors (Lipinski definition) is 2. The number of rotatable bonds is 7. The Labute approximate surface area is 129 Å². The van der Waals surface area contributed by atoms with Crippen LogP contribution in [-0.4, -0.2) is 30.3 Å². The standard InChI is InChI=1S/C15H21ClFNO3/c1-10(19)7-15(2,3)9-18-14(20)8-21-11-4-5-13(17)12(16)6-11/h4-6,10,19H,7-9H2,1-3H3,(H,18,20). The summed E-state index contributed by atoms with van der Waals surface area (Å²) in [5, 5.41) is 12.1. The first-order chi connectivity index (χ1) is 9.69. The monoisotopic (exact) mass is 317 g/mol. The summed E-state index contributed by atoms with van der Waals surface area (Å²) < 4.78 is 18.2. The number of aliphatic hydroxyl groups is 1. The summed E-state index contributed by atoms with van der Waals surface area (Å²) in [7, 11) is 0. The Bertz CT molecular complexity index is 492. The maximum Gasteiger partial charge on any atom is 0.257 e. The summed E-state index contributed by atoms with van der Waals surface area (Å²) in [5.74, 6) is -0.484. The third kappa shape index (κ3) is 6.78. The molecule has 0 aliphatic rings. The van der Waals surface area contributed by atoms with Gasteiger partial charge in [0.15, 0.2) is 6.61 Å². The molecule has 1 amide bonds. The van der Waals surface area contributed by atoms with E-state index >= 15 is 0 Å². The highest BCUT2D eigenvalue weighted by Crippen LogP contribution is 2.22. The van der Waals surface area contributed by atoms with Crippen LogP contribution in [0, 0.1) is 11.2 Å². The number of carbonyl (C=O) groups is 1. The molecular formula is C15H21ClFNO3. The Balaban J connectivity index is 2.39. The van der Waals surface area contributed by atoms with Crippen molar-refractivity contribution in [2.24, 2.45) is 5.41 Å². The fourth-order valence-corrected chi connectivity index (χ4v) is 2.15. The van der Waals surface area contributed by atoms with Crippen molar-refractivity contribution in [1.82, 2.24) is 5.32 Å². The summed E-state index contributed by atoms with van der Waals surface area (Å²) in [6, 6.07) is 3.91. The van der Waals surface area contributed by atoms with Crippen molar-refractivity contribution in [1.29, 1.82) is 0 Å². The summed E-state index contributed by atoms with van der Waals surface area (Å²) >= 11 is 5.62. The summed E-state index contributed by atoms with van der Waals surface area (Å²) in [6.07, 6.45) is 0.163. The number of aliphatic hydroxyl groups excluding tert-OH is 1. The molecule has 6 heteroatoms. The number of benzene rings is 1. The van der Waals surface area contributed by atoms with E-state index in [-0.39, 0.29) is 23.0 Å². The van der Waals surface area contributed by atoms with Crippen LogP contribution in [0.5, 0.6) is 5.75 Å². The lowest BCUT2D eigenvalue weighted by Crippen LogP contribution is -2.38. The Morgan fingerprint density at radius 2 is 2.19 bits per heavy atom. The molecule has 0 aliphatic heterocycles. The van der Waals surface area contributed by atoms with Gasteiger partial charge in [-0.1, -0.05) is 25.4 Å². The molecule has 0 aromatic heterocycles. The van der Waals surface area contributed by atoms with E-state index in [0.717, 1.165) is 0 Å². The lowest BCUT2D eigenvalue weighted by Gasteiger charge is -2.26. The Hall–Kier alpha value is -1.33. The number of ether oxygens (including phenoxy) is 1. The van der Waals surface area contributed by atoms with Gasteiger partial charge >= 0.3 is 0 Å². The molecule has 2 N–H and O–H groups in total. The minimum absolute atomic E-state index is 0.0500. The number of hydrogen-bond acceptors (Lipinski definition) is 3. The Kier molecular flexibility index (Phi) is 6.42. The van der Waals surface area contributed by atoms with E-state index in [1.807, 2.05) is 13.8 Å². The van der Waals surface area contributed by atoms with Crippen LogP contribution in [0.3, 0.4) is 0 Å². The molecule has 0 aliphatic carbocycles. The van der Waals surface area contributed by atoms with E-state index < -0.39 is 11.9 Å². The van der Waals surface area contributed by atoms with Gasteiger partial charge < -0.3 is 15.2 Å². The van der Waals surface area contributed by atoms with Gasteiger partial charge in [-0.25, -0.2) is 4.39 Å². The predicted molar refractivity (Wildman–Crippen MR) is 80.0 cm³/mol. The van der Waals surface area contributed by atoms with Gasteiger partial charge in [-0.2, -0.15) is 0 Å². The SMILES string of the molecule is CC(O)CC(C)(C)CNC(=O)COc1ccc(F)c(Cl)c1. The smallest absolute Gasteiger partial charge is 0.257 e. The molecule has 1 aromatic carbocycles. The zero-order chi connectivity index (χ0) is 16.0. The molecule has 0 fully saturated rings. The summed E-state index contributed by atoms with van der Waals surface area (Å²) in [6.45, 7) is 5.89. The van der Waals surface area contributed by atoms with Gasteiger partial charge in [0.05, 0.1) is 11.1 Å². The maximum atomic E-state index is 13.0. The van der Waals surface area contributed by atoms with Crippen LogP contribution in [0.15, 0.2) is 18.2 Å². The molecule has 0 saturated carbocycles. The third-order valence-corrected chi connectivity index (χ3v) is 3.16. The van der Waals surface area contributed by atoms with Crippen LogP contribution < -0.4 is 10.1 Å². The van der Waals surface area contributed by atoms with E-state index in [1.165, 1.54) is 18.2 Å². The second-order valence-electron chi connectivity index (χ2n) is 5.86. The average Bonchev–Trinajstić information content (AvgIpc) is 2.36. The van der Waals surface area contributed by atoms with Crippen LogP contribution in [0.4, 0.5) is 4.39 Å². The first-order valence-corrected chi connectivity index (χ1v) is 7.10. The number of carbonyl (C=O) groups excluding carboxylic acids is 1. The first-order valence-electron chi connectivity index (χ1n) is 6.72. The lowest BCUT2D eigenvalue weighted by molar-refractivity contribution is -0.123. The van der Waals surface area contributed by atoms with Crippen molar-refractivity contribution in [3.05, 3.63) is 29.0 Å². The molecule has 1 unspecified atom stereocenters. The van der Waals surface area contributed by atoms with Gasteiger partial charge in [-0.05, 0) is 30.9 Å². The predicted octanol–water partition coefficient (Wildman–Crippen LogP) is 2.77. The molecule has 0 saturated heterocycles. The largest absolute Gasteiger partial charge is 0.484 e. The molecule has 0 radical (unpaired) electrons. The molecule has 0 spiro atoms. The fourth-order valence-electron chi connectivity index (χ4n) is 1.98. The molecule has 0 heterocycles. The van der Waals surface area contributed by atoms with Gasteiger partial charge in [-0.3, -0.25) is 4.79 Å². The van der Waals surface area contributed by atoms with E-state index in [0.29, 0.717) is 18.7 Å². The van der Waals surface area contributed by atoms with Gasteiger partial charge in [0.25, 0.3) is 5.91 Å². The molecule has 118 valence electrons. The summed E-state index contributed by atoms with van der Waals surface area (Å²) in [5.41, 5.74) is -0.205. The topological polar surface area (TPSA) is 58.6 Å². The second kappa shape index (κ2) is 7.61. The number of nitrogens with one attached hydrogen (secondary N) is 1. The van der Waals surface area contributed by atoms with E-state index in [9.17, 15) is 14.3 Å². The van der Waals surface area contributed by atoms with E-state index in [2.05, 4.69) is 5.32 Å². The molecule has 1 atom stereocenters. The van der Waals surface area contributed by atoms with Crippen LogP contribution in [-0.2, 0) is 4.79 Å². The molecule has 21 heavy (non-hydrogen) atoms. The van der Waals surface area contributed by atoms with Crippen molar-refractivity contribution in [3.63, 3.8) is 0 Å². The highest BCUT2D eigenvalue weighted by Gasteiger charge is 2.21.